The van der Waals surface area contributed by atoms with Crippen LogP contribution in [0.2, 0.25) is 0 Å². The molecule has 1 N–H and O–H groups in total. The van der Waals surface area contributed by atoms with Crippen molar-refractivity contribution in [3.8, 4) is 0 Å². The zero-order chi connectivity index (χ0) is 17.8. The molecular formula is C18H16BrN3OS2. The molecule has 0 atom stereocenters. The van der Waals surface area contributed by atoms with E-state index in [2.05, 4.69) is 63.5 Å². The van der Waals surface area contributed by atoms with E-state index in [1.807, 2.05) is 18.2 Å². The van der Waals surface area contributed by atoms with Crippen molar-refractivity contribution >= 4 is 50.1 Å². The molecule has 0 saturated heterocycles. The fourth-order valence-corrected chi connectivity index (χ4v) is 4.57. The molecule has 0 unspecified atom stereocenters. The van der Waals surface area contributed by atoms with E-state index in [9.17, 15) is 4.79 Å². The predicted molar refractivity (Wildman–Crippen MR) is 107 cm³/mol. The topological polar surface area (TPSA) is 54.9 Å². The van der Waals surface area contributed by atoms with Gasteiger partial charge >= 0.3 is 0 Å². The summed E-state index contributed by atoms with van der Waals surface area (Å²) in [6.45, 7) is 4.20. The minimum absolute atomic E-state index is 0.200. The Balaban J connectivity index is 1.62. The molecule has 0 fully saturated rings. The highest BCUT2D eigenvalue weighted by Gasteiger charge is 2.13. The Bertz CT molecular complexity index is 891. The minimum atomic E-state index is -0.200. The molecule has 7 heteroatoms. The first kappa shape index (κ1) is 18.1. The van der Waals surface area contributed by atoms with Gasteiger partial charge in [-0.1, -0.05) is 64.6 Å². The summed E-state index contributed by atoms with van der Waals surface area (Å²) in [5.74, 6) is 0.629. The second-order valence-electron chi connectivity index (χ2n) is 5.59. The van der Waals surface area contributed by atoms with Crippen LogP contribution in [0.15, 0.2) is 51.3 Å². The highest BCUT2D eigenvalue weighted by atomic mass is 79.9. The average molecular weight is 434 g/mol. The Morgan fingerprint density at radius 1 is 1.16 bits per heavy atom. The smallest absolute Gasteiger partial charge is 0.258 e. The average Bonchev–Trinajstić information content (AvgIpc) is 3.00. The molecule has 3 rings (SSSR count). The summed E-state index contributed by atoms with van der Waals surface area (Å²) in [5.41, 5.74) is 4.35. The van der Waals surface area contributed by atoms with Gasteiger partial charge in [0.05, 0.1) is 5.56 Å². The van der Waals surface area contributed by atoms with Gasteiger partial charge in [-0.25, -0.2) is 0 Å². The number of amides is 1. The Morgan fingerprint density at radius 2 is 1.88 bits per heavy atom. The number of aryl methyl sites for hydroxylation is 2. The zero-order valence-electron chi connectivity index (χ0n) is 13.7. The molecular weight excluding hydrogens is 418 g/mol. The van der Waals surface area contributed by atoms with Crippen LogP contribution in [0.1, 0.15) is 27.0 Å². The molecule has 1 amide bonds. The van der Waals surface area contributed by atoms with E-state index in [4.69, 9.17) is 0 Å². The highest BCUT2D eigenvalue weighted by Crippen LogP contribution is 2.29. The van der Waals surface area contributed by atoms with Gasteiger partial charge in [0.25, 0.3) is 5.91 Å². The van der Waals surface area contributed by atoms with Gasteiger partial charge in [0.1, 0.15) is 0 Å². The molecule has 2 aromatic carbocycles. The van der Waals surface area contributed by atoms with E-state index in [-0.39, 0.29) is 5.91 Å². The van der Waals surface area contributed by atoms with E-state index in [0.29, 0.717) is 10.7 Å². The maximum Gasteiger partial charge on any atom is 0.258 e. The summed E-state index contributed by atoms with van der Waals surface area (Å²) < 4.78 is 1.59. The van der Waals surface area contributed by atoms with Crippen LogP contribution in [0, 0.1) is 13.8 Å². The standard InChI is InChI=1S/C18H16BrN3OS2/c1-11-7-12(2)9-13(8-11)10-24-18-22-21-17(25-18)20-16(23)14-5-3-4-6-15(14)19/h3-9H,10H2,1-2H3,(H,20,21,23). The summed E-state index contributed by atoms with van der Waals surface area (Å²) in [5, 5.41) is 11.5. The molecule has 0 bridgehead atoms. The largest absolute Gasteiger partial charge is 0.296 e. The van der Waals surface area contributed by atoms with Crippen molar-refractivity contribution in [2.45, 2.75) is 23.9 Å². The third kappa shape index (κ3) is 4.90. The lowest BCUT2D eigenvalue weighted by Gasteiger charge is -2.03. The number of carbonyl (C=O) groups is 1. The summed E-state index contributed by atoms with van der Waals surface area (Å²) in [7, 11) is 0. The molecule has 1 heterocycles. The van der Waals surface area contributed by atoms with Crippen molar-refractivity contribution in [2.75, 3.05) is 5.32 Å². The normalized spacial score (nSPS) is 10.7. The van der Waals surface area contributed by atoms with Gasteiger partial charge in [-0.15, -0.1) is 10.2 Å². The fraction of sp³-hybridized carbons (Fsp3) is 0.167. The second-order valence-corrected chi connectivity index (χ2v) is 8.65. The molecule has 0 spiro atoms. The molecule has 3 aromatic rings. The summed E-state index contributed by atoms with van der Waals surface area (Å²) >= 11 is 6.39. The zero-order valence-corrected chi connectivity index (χ0v) is 17.0. The number of rotatable bonds is 5. The second kappa shape index (κ2) is 8.12. The van der Waals surface area contributed by atoms with E-state index >= 15 is 0 Å². The van der Waals surface area contributed by atoms with Crippen molar-refractivity contribution in [1.82, 2.24) is 10.2 Å². The third-order valence-electron chi connectivity index (χ3n) is 3.39. The van der Waals surface area contributed by atoms with Gasteiger partial charge in [-0.05, 0) is 47.5 Å². The third-order valence-corrected chi connectivity index (χ3v) is 6.12. The summed E-state index contributed by atoms with van der Waals surface area (Å²) in [4.78, 5) is 12.3. The van der Waals surface area contributed by atoms with Crippen LogP contribution in [0.3, 0.4) is 0 Å². The number of nitrogens with zero attached hydrogens (tertiary/aromatic N) is 2. The maximum atomic E-state index is 12.3. The lowest BCUT2D eigenvalue weighted by Crippen LogP contribution is -2.12. The Kier molecular flexibility index (Phi) is 5.88. The number of halogens is 1. The van der Waals surface area contributed by atoms with Gasteiger partial charge in [0, 0.05) is 10.2 Å². The van der Waals surface area contributed by atoms with Crippen LogP contribution in [-0.2, 0) is 5.75 Å². The first-order valence-electron chi connectivity index (χ1n) is 7.60. The quantitative estimate of drug-likeness (QED) is 0.428. The maximum absolute atomic E-state index is 12.3. The van der Waals surface area contributed by atoms with E-state index in [1.54, 1.807) is 17.8 Å². The first-order chi connectivity index (χ1) is 12.0. The SMILES string of the molecule is Cc1cc(C)cc(CSc2nnc(NC(=O)c3ccccc3Br)s2)c1. The number of hydrogen-bond donors (Lipinski definition) is 1. The molecule has 1 aromatic heterocycles. The Morgan fingerprint density at radius 3 is 2.60 bits per heavy atom. The van der Waals surface area contributed by atoms with E-state index < -0.39 is 0 Å². The predicted octanol–water partition coefficient (Wildman–Crippen LogP) is 5.46. The number of hydrogen-bond acceptors (Lipinski definition) is 5. The van der Waals surface area contributed by atoms with Crippen LogP contribution >= 0.6 is 39.0 Å². The summed E-state index contributed by atoms with van der Waals surface area (Å²) in [6, 6.07) is 13.8. The van der Waals surface area contributed by atoms with Gasteiger partial charge < -0.3 is 0 Å². The Hall–Kier alpha value is -1.70. The lowest BCUT2D eigenvalue weighted by atomic mass is 10.1. The monoisotopic (exact) mass is 433 g/mol. The number of carbonyl (C=O) groups excluding carboxylic acids is 1. The van der Waals surface area contributed by atoms with Gasteiger partial charge in [-0.2, -0.15) is 0 Å². The van der Waals surface area contributed by atoms with Crippen molar-refractivity contribution in [3.63, 3.8) is 0 Å². The molecule has 0 aliphatic heterocycles. The molecule has 0 saturated carbocycles. The van der Waals surface area contributed by atoms with Crippen molar-refractivity contribution < 1.29 is 4.79 Å². The van der Waals surface area contributed by atoms with Crippen LogP contribution in [0.4, 0.5) is 5.13 Å². The van der Waals surface area contributed by atoms with E-state index in [0.717, 1.165) is 14.6 Å². The van der Waals surface area contributed by atoms with Gasteiger partial charge in [0.2, 0.25) is 5.13 Å². The number of aromatic nitrogens is 2. The minimum Gasteiger partial charge on any atom is -0.296 e. The van der Waals surface area contributed by atoms with Crippen LogP contribution < -0.4 is 5.32 Å². The summed E-state index contributed by atoms with van der Waals surface area (Å²) in [6.07, 6.45) is 0. The van der Waals surface area contributed by atoms with Crippen molar-refractivity contribution in [1.29, 1.82) is 0 Å². The van der Waals surface area contributed by atoms with Crippen LogP contribution in [0.5, 0.6) is 0 Å². The molecule has 128 valence electrons. The number of thioether (sulfide) groups is 1. The van der Waals surface area contributed by atoms with Crippen LogP contribution in [-0.4, -0.2) is 16.1 Å². The number of anilines is 1. The Labute approximate surface area is 163 Å². The van der Waals surface area contributed by atoms with Crippen LogP contribution in [0.25, 0.3) is 0 Å². The molecule has 4 nitrogen and oxygen atoms in total. The first-order valence-corrected chi connectivity index (χ1v) is 10.2. The number of benzene rings is 2. The fourth-order valence-electron chi connectivity index (χ4n) is 2.43. The molecule has 0 aliphatic rings. The van der Waals surface area contributed by atoms with Crippen molar-refractivity contribution in [3.05, 3.63) is 69.2 Å². The van der Waals surface area contributed by atoms with E-state index in [1.165, 1.54) is 28.0 Å². The van der Waals surface area contributed by atoms with Crippen molar-refractivity contribution in [2.24, 2.45) is 0 Å². The number of nitrogens with one attached hydrogen (secondary N) is 1. The molecule has 0 aliphatic carbocycles. The van der Waals surface area contributed by atoms with Gasteiger partial charge in [-0.3, -0.25) is 10.1 Å². The molecule has 0 radical (unpaired) electrons. The lowest BCUT2D eigenvalue weighted by molar-refractivity contribution is 0.102. The molecule has 25 heavy (non-hydrogen) atoms. The highest BCUT2D eigenvalue weighted by molar-refractivity contribution is 9.10. The van der Waals surface area contributed by atoms with Gasteiger partial charge in [0.15, 0.2) is 4.34 Å².